The molecule has 2 heteroatoms. The molecular formula is C18H16O2. The molecule has 0 aliphatic carbocycles. The zero-order valence-electron chi connectivity index (χ0n) is 11.4. The first-order valence-corrected chi connectivity index (χ1v) is 6.36. The fourth-order valence-electron chi connectivity index (χ4n) is 1.66. The average molecular weight is 264 g/mol. The summed E-state index contributed by atoms with van der Waals surface area (Å²) in [6, 6.07) is 19.3. The first-order valence-electron chi connectivity index (χ1n) is 6.36. The van der Waals surface area contributed by atoms with Crippen LogP contribution in [0.3, 0.4) is 0 Å². The summed E-state index contributed by atoms with van der Waals surface area (Å²) in [4.78, 5) is 11.8. The molecule has 0 aliphatic rings. The predicted octanol–water partition coefficient (Wildman–Crippen LogP) is 4.30. The Morgan fingerprint density at radius 3 is 2.10 bits per heavy atom. The number of esters is 1. The van der Waals surface area contributed by atoms with E-state index in [0.717, 1.165) is 11.1 Å². The number of carbonyl (C=O) groups is 1. The van der Waals surface area contributed by atoms with Crippen molar-refractivity contribution in [3.63, 3.8) is 0 Å². The SMILES string of the molecule is C=C(C)C(=O)O/C(=C\c1ccccc1)c1ccccc1. The van der Waals surface area contributed by atoms with E-state index in [2.05, 4.69) is 6.58 Å². The smallest absolute Gasteiger partial charge is 0.338 e. The highest BCUT2D eigenvalue weighted by molar-refractivity contribution is 5.93. The van der Waals surface area contributed by atoms with Gasteiger partial charge >= 0.3 is 5.97 Å². The zero-order chi connectivity index (χ0) is 14.4. The van der Waals surface area contributed by atoms with Gasteiger partial charge in [-0.15, -0.1) is 0 Å². The highest BCUT2D eigenvalue weighted by atomic mass is 16.5. The molecule has 0 heterocycles. The van der Waals surface area contributed by atoms with Crippen LogP contribution in [0.1, 0.15) is 18.1 Å². The molecule has 2 rings (SSSR count). The van der Waals surface area contributed by atoms with Gasteiger partial charge in [-0.2, -0.15) is 0 Å². The lowest BCUT2D eigenvalue weighted by Gasteiger charge is -2.09. The van der Waals surface area contributed by atoms with Gasteiger partial charge in [-0.1, -0.05) is 67.2 Å². The number of hydrogen-bond donors (Lipinski definition) is 0. The highest BCUT2D eigenvalue weighted by Crippen LogP contribution is 2.20. The monoisotopic (exact) mass is 264 g/mol. The van der Waals surface area contributed by atoms with E-state index < -0.39 is 5.97 Å². The van der Waals surface area contributed by atoms with Crippen LogP contribution in [0.5, 0.6) is 0 Å². The van der Waals surface area contributed by atoms with Crippen molar-refractivity contribution in [3.8, 4) is 0 Å². The Bertz CT molecular complexity index is 625. The maximum Gasteiger partial charge on any atom is 0.338 e. The number of benzene rings is 2. The van der Waals surface area contributed by atoms with Crippen LogP contribution in [-0.4, -0.2) is 5.97 Å². The molecule has 0 saturated heterocycles. The lowest BCUT2D eigenvalue weighted by molar-refractivity contribution is -0.132. The van der Waals surface area contributed by atoms with Crippen molar-refractivity contribution < 1.29 is 9.53 Å². The third-order valence-electron chi connectivity index (χ3n) is 2.71. The second kappa shape index (κ2) is 6.53. The molecule has 100 valence electrons. The van der Waals surface area contributed by atoms with Gasteiger partial charge in [-0.3, -0.25) is 0 Å². The van der Waals surface area contributed by atoms with Crippen LogP contribution in [-0.2, 0) is 9.53 Å². The van der Waals surface area contributed by atoms with Gasteiger partial charge in [0, 0.05) is 11.1 Å². The van der Waals surface area contributed by atoms with E-state index in [4.69, 9.17) is 4.74 Å². The van der Waals surface area contributed by atoms with E-state index >= 15 is 0 Å². The first-order chi connectivity index (χ1) is 9.66. The van der Waals surface area contributed by atoms with Crippen LogP contribution in [0.25, 0.3) is 11.8 Å². The van der Waals surface area contributed by atoms with Crippen LogP contribution in [0, 0.1) is 0 Å². The number of hydrogen-bond acceptors (Lipinski definition) is 2. The van der Waals surface area contributed by atoms with E-state index in [-0.39, 0.29) is 0 Å². The lowest BCUT2D eigenvalue weighted by Crippen LogP contribution is -2.04. The van der Waals surface area contributed by atoms with Gasteiger partial charge in [0.1, 0.15) is 5.76 Å². The van der Waals surface area contributed by atoms with Crippen molar-refractivity contribution in [3.05, 3.63) is 83.9 Å². The third-order valence-corrected chi connectivity index (χ3v) is 2.71. The van der Waals surface area contributed by atoms with Gasteiger partial charge in [0.2, 0.25) is 0 Å². The summed E-state index contributed by atoms with van der Waals surface area (Å²) in [7, 11) is 0. The minimum atomic E-state index is -0.420. The molecule has 2 aromatic carbocycles. The minimum Gasteiger partial charge on any atom is -0.423 e. The van der Waals surface area contributed by atoms with E-state index in [1.165, 1.54) is 0 Å². The summed E-state index contributed by atoms with van der Waals surface area (Å²) in [6.07, 6.45) is 1.84. The Balaban J connectivity index is 2.37. The molecule has 0 spiro atoms. The van der Waals surface area contributed by atoms with E-state index in [9.17, 15) is 4.79 Å². The molecule has 0 atom stereocenters. The fraction of sp³-hybridized carbons (Fsp3) is 0.0556. The molecule has 0 bridgehead atoms. The summed E-state index contributed by atoms with van der Waals surface area (Å²) in [6.45, 7) is 5.24. The molecular weight excluding hydrogens is 248 g/mol. The van der Waals surface area contributed by atoms with Crippen LogP contribution in [0.15, 0.2) is 72.8 Å². The standard InChI is InChI=1S/C18H16O2/c1-14(2)18(19)20-17(16-11-7-4-8-12-16)13-15-9-5-3-6-10-15/h3-13H,1H2,2H3/b17-13-. The largest absolute Gasteiger partial charge is 0.423 e. The third kappa shape index (κ3) is 3.69. The summed E-state index contributed by atoms with van der Waals surface area (Å²) in [5.74, 6) is 0.0980. The maximum absolute atomic E-state index is 11.8. The van der Waals surface area contributed by atoms with Gasteiger partial charge in [-0.05, 0) is 18.6 Å². The molecule has 2 nitrogen and oxygen atoms in total. The summed E-state index contributed by atoms with van der Waals surface area (Å²) < 4.78 is 5.42. The van der Waals surface area contributed by atoms with Crippen LogP contribution in [0.2, 0.25) is 0 Å². The number of ether oxygens (including phenoxy) is 1. The van der Waals surface area contributed by atoms with Crippen molar-refractivity contribution in [2.45, 2.75) is 6.92 Å². The number of rotatable bonds is 4. The van der Waals surface area contributed by atoms with Gasteiger partial charge < -0.3 is 4.74 Å². The maximum atomic E-state index is 11.8. The predicted molar refractivity (Wildman–Crippen MR) is 81.7 cm³/mol. The molecule has 0 radical (unpaired) electrons. The Kier molecular flexibility index (Phi) is 4.51. The molecule has 20 heavy (non-hydrogen) atoms. The second-order valence-corrected chi connectivity index (χ2v) is 4.46. The molecule has 0 saturated carbocycles. The quantitative estimate of drug-likeness (QED) is 0.356. The fourth-order valence-corrected chi connectivity index (χ4v) is 1.66. The summed E-state index contributed by atoms with van der Waals surface area (Å²) in [5.41, 5.74) is 2.20. The topological polar surface area (TPSA) is 26.3 Å². The van der Waals surface area contributed by atoms with Gasteiger partial charge in [0.15, 0.2) is 0 Å². The second-order valence-electron chi connectivity index (χ2n) is 4.46. The molecule has 0 fully saturated rings. The average Bonchev–Trinajstić information content (AvgIpc) is 2.48. The van der Waals surface area contributed by atoms with Gasteiger partial charge in [0.25, 0.3) is 0 Å². The van der Waals surface area contributed by atoms with Crippen molar-refractivity contribution >= 4 is 17.8 Å². The molecule has 0 N–H and O–H groups in total. The van der Waals surface area contributed by atoms with Crippen molar-refractivity contribution in [2.75, 3.05) is 0 Å². The number of carbonyl (C=O) groups excluding carboxylic acids is 1. The zero-order valence-corrected chi connectivity index (χ0v) is 11.4. The van der Waals surface area contributed by atoms with Gasteiger partial charge in [0.05, 0.1) is 0 Å². The molecule has 0 amide bonds. The van der Waals surface area contributed by atoms with Gasteiger partial charge in [-0.25, -0.2) is 4.79 Å². The van der Waals surface area contributed by atoms with Crippen molar-refractivity contribution in [1.82, 2.24) is 0 Å². The van der Waals surface area contributed by atoms with E-state index in [1.54, 1.807) is 6.92 Å². The normalized spacial score (nSPS) is 10.9. The summed E-state index contributed by atoms with van der Waals surface area (Å²) >= 11 is 0. The first kappa shape index (κ1) is 13.8. The van der Waals surface area contributed by atoms with Crippen LogP contribution >= 0.6 is 0 Å². The Labute approximate surface area is 119 Å². The van der Waals surface area contributed by atoms with Crippen molar-refractivity contribution in [2.24, 2.45) is 0 Å². The molecule has 0 unspecified atom stereocenters. The Hall–Kier alpha value is -2.61. The highest BCUT2D eigenvalue weighted by Gasteiger charge is 2.10. The molecule has 0 aliphatic heterocycles. The Morgan fingerprint density at radius 1 is 1.00 bits per heavy atom. The van der Waals surface area contributed by atoms with Crippen LogP contribution < -0.4 is 0 Å². The van der Waals surface area contributed by atoms with E-state index in [0.29, 0.717) is 11.3 Å². The summed E-state index contributed by atoms with van der Waals surface area (Å²) in [5, 5.41) is 0. The van der Waals surface area contributed by atoms with E-state index in [1.807, 2.05) is 66.7 Å². The lowest BCUT2D eigenvalue weighted by atomic mass is 10.1. The van der Waals surface area contributed by atoms with Crippen LogP contribution in [0.4, 0.5) is 0 Å². The van der Waals surface area contributed by atoms with Crippen molar-refractivity contribution in [1.29, 1.82) is 0 Å². The molecule has 2 aromatic rings. The Morgan fingerprint density at radius 2 is 1.55 bits per heavy atom. The minimum absolute atomic E-state index is 0.375. The molecule has 0 aromatic heterocycles.